The molecule has 0 unspecified atom stereocenters. The van der Waals surface area contributed by atoms with Gasteiger partial charge in [-0.25, -0.2) is 23.1 Å². The molecule has 158 valence electrons. The Morgan fingerprint density at radius 1 is 1.24 bits per heavy atom. The standard InChI is InChI=1S/C19H27N5O4S/c1-4-9-24-16(12-27-5-2)23-17-18(24)14-7-6-13(11-15(14)22-19(17)20)28-10-8-21-29(3,25)26/h6-7,11,21H,4-5,8-10,12H2,1-3H3,(H2,20,22). The van der Waals surface area contributed by atoms with E-state index in [4.69, 9.17) is 15.2 Å². The zero-order valence-electron chi connectivity index (χ0n) is 16.9. The number of hydrogen-bond acceptors (Lipinski definition) is 7. The number of nitrogens with one attached hydrogen (secondary N) is 1. The Kier molecular flexibility index (Phi) is 6.56. The average Bonchev–Trinajstić information content (AvgIpc) is 3.02. The van der Waals surface area contributed by atoms with E-state index < -0.39 is 10.0 Å². The van der Waals surface area contributed by atoms with Gasteiger partial charge in [0, 0.05) is 31.1 Å². The van der Waals surface area contributed by atoms with Crippen LogP contribution in [0.3, 0.4) is 0 Å². The van der Waals surface area contributed by atoms with E-state index in [-0.39, 0.29) is 13.2 Å². The summed E-state index contributed by atoms with van der Waals surface area (Å²) in [7, 11) is -3.24. The molecule has 3 rings (SSSR count). The Morgan fingerprint density at radius 2 is 2.03 bits per heavy atom. The molecule has 2 aromatic heterocycles. The highest BCUT2D eigenvalue weighted by Gasteiger charge is 2.17. The van der Waals surface area contributed by atoms with Crippen LogP contribution in [0.15, 0.2) is 18.2 Å². The second-order valence-corrected chi connectivity index (χ2v) is 8.54. The predicted molar refractivity (Wildman–Crippen MR) is 113 cm³/mol. The summed E-state index contributed by atoms with van der Waals surface area (Å²) in [6.07, 6.45) is 2.06. The van der Waals surface area contributed by atoms with Gasteiger partial charge in [0.05, 0.1) is 17.3 Å². The number of benzene rings is 1. The molecule has 0 amide bonds. The second-order valence-electron chi connectivity index (χ2n) is 6.70. The maximum absolute atomic E-state index is 11.1. The Labute approximate surface area is 170 Å². The molecule has 9 nitrogen and oxygen atoms in total. The largest absolute Gasteiger partial charge is 0.492 e. The summed E-state index contributed by atoms with van der Waals surface area (Å²) in [5.74, 6) is 1.78. The van der Waals surface area contributed by atoms with Gasteiger partial charge in [0.25, 0.3) is 0 Å². The fraction of sp³-hybridized carbons (Fsp3) is 0.474. The maximum Gasteiger partial charge on any atom is 0.208 e. The summed E-state index contributed by atoms with van der Waals surface area (Å²) in [5.41, 5.74) is 8.51. The number of pyridine rings is 1. The third-order valence-electron chi connectivity index (χ3n) is 4.37. The molecule has 0 aliphatic heterocycles. The van der Waals surface area contributed by atoms with Crippen LogP contribution < -0.4 is 15.2 Å². The number of imidazole rings is 1. The normalized spacial score (nSPS) is 12.1. The fourth-order valence-corrected chi connectivity index (χ4v) is 3.65. The van der Waals surface area contributed by atoms with Crippen LogP contribution in [0.25, 0.3) is 21.9 Å². The van der Waals surface area contributed by atoms with E-state index in [2.05, 4.69) is 26.2 Å². The summed E-state index contributed by atoms with van der Waals surface area (Å²) in [5, 5.41) is 0.930. The number of nitrogens with zero attached hydrogens (tertiary/aromatic N) is 3. The van der Waals surface area contributed by atoms with E-state index in [9.17, 15) is 8.42 Å². The van der Waals surface area contributed by atoms with Crippen LogP contribution in [0.2, 0.25) is 0 Å². The first-order valence-corrected chi connectivity index (χ1v) is 11.5. The van der Waals surface area contributed by atoms with Crippen molar-refractivity contribution in [2.75, 3.05) is 31.7 Å². The number of fused-ring (bicyclic) bond motifs is 3. The van der Waals surface area contributed by atoms with Crippen molar-refractivity contribution in [3.05, 3.63) is 24.0 Å². The SMILES string of the molecule is CCCn1c(COCC)nc2c(N)nc3cc(OCCNS(C)(=O)=O)ccc3c21. The van der Waals surface area contributed by atoms with Crippen molar-refractivity contribution < 1.29 is 17.9 Å². The number of hydrogen-bond donors (Lipinski definition) is 2. The van der Waals surface area contributed by atoms with Gasteiger partial charge in [-0.15, -0.1) is 0 Å². The monoisotopic (exact) mass is 421 g/mol. The van der Waals surface area contributed by atoms with Gasteiger partial charge in [0.15, 0.2) is 5.82 Å². The van der Waals surface area contributed by atoms with Crippen molar-refractivity contribution in [1.29, 1.82) is 0 Å². The van der Waals surface area contributed by atoms with E-state index in [1.165, 1.54) is 0 Å². The molecule has 0 atom stereocenters. The number of nitrogens with two attached hydrogens (primary N) is 1. The van der Waals surface area contributed by atoms with Gasteiger partial charge in [-0.2, -0.15) is 0 Å². The van der Waals surface area contributed by atoms with Crippen molar-refractivity contribution in [1.82, 2.24) is 19.3 Å². The van der Waals surface area contributed by atoms with E-state index in [0.717, 1.165) is 35.9 Å². The highest BCUT2D eigenvalue weighted by molar-refractivity contribution is 7.88. The van der Waals surface area contributed by atoms with Gasteiger partial charge in [0.2, 0.25) is 10.0 Å². The summed E-state index contributed by atoms with van der Waals surface area (Å²) in [6.45, 7) is 6.29. The Balaban J connectivity index is 1.97. The zero-order valence-corrected chi connectivity index (χ0v) is 17.8. The van der Waals surface area contributed by atoms with Crippen molar-refractivity contribution in [2.24, 2.45) is 0 Å². The molecular weight excluding hydrogens is 394 g/mol. The minimum atomic E-state index is -3.24. The summed E-state index contributed by atoms with van der Waals surface area (Å²) >= 11 is 0. The molecule has 0 aliphatic carbocycles. The molecule has 10 heteroatoms. The lowest BCUT2D eigenvalue weighted by molar-refractivity contribution is 0.126. The number of aromatic nitrogens is 3. The Bertz CT molecular complexity index is 1110. The molecule has 0 bridgehead atoms. The molecule has 29 heavy (non-hydrogen) atoms. The molecule has 0 saturated heterocycles. The molecule has 0 saturated carbocycles. The lowest BCUT2D eigenvalue weighted by atomic mass is 10.1. The first-order chi connectivity index (χ1) is 13.8. The van der Waals surface area contributed by atoms with Crippen molar-refractivity contribution in [3.8, 4) is 5.75 Å². The van der Waals surface area contributed by atoms with E-state index in [1.54, 1.807) is 6.07 Å². The van der Waals surface area contributed by atoms with Crippen LogP contribution in [0.4, 0.5) is 5.82 Å². The fourth-order valence-electron chi connectivity index (χ4n) is 3.19. The number of anilines is 1. The molecule has 3 N–H and O–H groups in total. The minimum Gasteiger partial charge on any atom is -0.492 e. The van der Waals surface area contributed by atoms with Crippen LogP contribution in [0.1, 0.15) is 26.1 Å². The van der Waals surface area contributed by atoms with E-state index in [1.807, 2.05) is 19.1 Å². The van der Waals surface area contributed by atoms with Gasteiger partial charge >= 0.3 is 0 Å². The third kappa shape index (κ3) is 4.95. The molecule has 0 fully saturated rings. The number of nitrogen functional groups attached to an aromatic ring is 1. The summed E-state index contributed by atoms with van der Waals surface area (Å²) < 4.78 is 38.0. The van der Waals surface area contributed by atoms with Crippen LogP contribution in [0, 0.1) is 0 Å². The Hall–Kier alpha value is -2.43. The number of sulfonamides is 1. The van der Waals surface area contributed by atoms with E-state index >= 15 is 0 Å². The number of aryl methyl sites for hydroxylation is 1. The second kappa shape index (κ2) is 8.93. The highest BCUT2D eigenvalue weighted by Crippen LogP contribution is 2.31. The lowest BCUT2D eigenvalue weighted by Gasteiger charge is -2.11. The number of ether oxygens (including phenoxy) is 2. The van der Waals surface area contributed by atoms with Crippen LogP contribution in [0.5, 0.6) is 5.75 Å². The molecule has 0 radical (unpaired) electrons. The summed E-state index contributed by atoms with van der Waals surface area (Å²) in [4.78, 5) is 9.18. The van der Waals surface area contributed by atoms with Gasteiger partial charge in [-0.1, -0.05) is 6.92 Å². The summed E-state index contributed by atoms with van der Waals surface area (Å²) in [6, 6.07) is 5.57. The van der Waals surface area contributed by atoms with Gasteiger partial charge in [0.1, 0.15) is 30.3 Å². The van der Waals surface area contributed by atoms with Crippen molar-refractivity contribution in [3.63, 3.8) is 0 Å². The van der Waals surface area contributed by atoms with Crippen LogP contribution in [-0.4, -0.2) is 49.0 Å². The molecule has 2 heterocycles. The van der Waals surface area contributed by atoms with Crippen molar-refractivity contribution in [2.45, 2.75) is 33.4 Å². The molecule has 0 spiro atoms. The maximum atomic E-state index is 11.1. The zero-order chi connectivity index (χ0) is 21.0. The lowest BCUT2D eigenvalue weighted by Crippen LogP contribution is -2.26. The highest BCUT2D eigenvalue weighted by atomic mass is 32.2. The molecule has 3 aromatic rings. The minimum absolute atomic E-state index is 0.190. The first-order valence-electron chi connectivity index (χ1n) is 9.57. The average molecular weight is 422 g/mol. The van der Waals surface area contributed by atoms with Gasteiger partial charge < -0.3 is 19.8 Å². The quantitative estimate of drug-likeness (QED) is 0.480. The molecule has 0 aliphatic rings. The molecular formula is C19H27N5O4S. The van der Waals surface area contributed by atoms with Crippen molar-refractivity contribution >= 4 is 37.8 Å². The van der Waals surface area contributed by atoms with Gasteiger partial charge in [-0.05, 0) is 25.5 Å². The smallest absolute Gasteiger partial charge is 0.208 e. The first kappa shape index (κ1) is 21.3. The van der Waals surface area contributed by atoms with Gasteiger partial charge in [-0.3, -0.25) is 0 Å². The van der Waals surface area contributed by atoms with E-state index in [0.29, 0.717) is 35.8 Å². The topological polar surface area (TPSA) is 121 Å². The van der Waals surface area contributed by atoms with Crippen LogP contribution in [-0.2, 0) is 27.9 Å². The third-order valence-corrected chi connectivity index (χ3v) is 5.10. The predicted octanol–water partition coefficient (Wildman–Crippen LogP) is 2.04. The Morgan fingerprint density at radius 3 is 2.72 bits per heavy atom. The molecule has 1 aromatic carbocycles. The number of rotatable bonds is 10. The van der Waals surface area contributed by atoms with Crippen LogP contribution >= 0.6 is 0 Å².